The van der Waals surface area contributed by atoms with Gasteiger partial charge in [-0.3, -0.25) is 0 Å². The van der Waals surface area contributed by atoms with Crippen LogP contribution in [-0.2, 0) is 4.74 Å². The topological polar surface area (TPSA) is 21.3 Å². The predicted octanol–water partition coefficient (Wildman–Crippen LogP) is 2.58. The molecular weight excluding hydrogens is 186 g/mol. The molecule has 15 heavy (non-hydrogen) atoms. The van der Waals surface area contributed by atoms with Crippen LogP contribution in [0.1, 0.15) is 45.4 Å². The van der Waals surface area contributed by atoms with E-state index in [1.54, 1.807) is 0 Å². The maximum absolute atomic E-state index is 5.57. The minimum absolute atomic E-state index is 0.476. The smallest absolute Gasteiger partial charge is 0.0588 e. The van der Waals surface area contributed by atoms with E-state index in [0.717, 1.165) is 25.0 Å². The molecular formula is C13H25NO. The molecule has 2 heteroatoms. The molecule has 88 valence electrons. The molecule has 1 aliphatic carbocycles. The van der Waals surface area contributed by atoms with E-state index in [1.807, 2.05) is 0 Å². The van der Waals surface area contributed by atoms with Gasteiger partial charge in [0.1, 0.15) is 0 Å². The molecule has 2 unspecified atom stereocenters. The van der Waals surface area contributed by atoms with Crippen molar-refractivity contribution in [3.8, 4) is 0 Å². The van der Waals surface area contributed by atoms with E-state index >= 15 is 0 Å². The van der Waals surface area contributed by atoms with E-state index in [2.05, 4.69) is 12.2 Å². The summed E-state index contributed by atoms with van der Waals surface area (Å²) in [7, 11) is 0. The van der Waals surface area contributed by atoms with Crippen molar-refractivity contribution in [2.75, 3.05) is 19.7 Å². The van der Waals surface area contributed by atoms with E-state index in [0.29, 0.717) is 6.10 Å². The van der Waals surface area contributed by atoms with Crippen molar-refractivity contribution >= 4 is 0 Å². The minimum atomic E-state index is 0.476. The van der Waals surface area contributed by atoms with Gasteiger partial charge in [-0.2, -0.15) is 0 Å². The van der Waals surface area contributed by atoms with Gasteiger partial charge >= 0.3 is 0 Å². The standard InChI is InChI=1S/C13H25NO/c1-11-13(7-8-15-11)10-14-9-12-5-3-2-4-6-12/h11-14H,2-10H2,1H3. The molecule has 0 aromatic carbocycles. The lowest BCUT2D eigenvalue weighted by atomic mass is 9.89. The zero-order valence-electron chi connectivity index (χ0n) is 10.0. The zero-order chi connectivity index (χ0) is 10.5. The molecule has 0 spiro atoms. The van der Waals surface area contributed by atoms with E-state index in [1.165, 1.54) is 45.1 Å². The van der Waals surface area contributed by atoms with Gasteiger partial charge in [0.15, 0.2) is 0 Å². The summed E-state index contributed by atoms with van der Waals surface area (Å²) in [5, 5.41) is 3.65. The van der Waals surface area contributed by atoms with Gasteiger partial charge in [-0.25, -0.2) is 0 Å². The van der Waals surface area contributed by atoms with Crippen LogP contribution in [-0.4, -0.2) is 25.8 Å². The van der Waals surface area contributed by atoms with E-state index in [9.17, 15) is 0 Å². The first-order chi connectivity index (χ1) is 7.36. The van der Waals surface area contributed by atoms with Gasteiger partial charge < -0.3 is 10.1 Å². The van der Waals surface area contributed by atoms with Crippen molar-refractivity contribution in [3.05, 3.63) is 0 Å². The Morgan fingerprint density at radius 3 is 2.53 bits per heavy atom. The first-order valence-corrected chi connectivity index (χ1v) is 6.68. The average Bonchev–Trinajstić information content (AvgIpc) is 2.66. The predicted molar refractivity (Wildman–Crippen MR) is 63.0 cm³/mol. The summed E-state index contributed by atoms with van der Waals surface area (Å²) in [4.78, 5) is 0. The van der Waals surface area contributed by atoms with Gasteiger partial charge in [0.2, 0.25) is 0 Å². The molecule has 0 aromatic heterocycles. The molecule has 2 atom stereocenters. The molecule has 1 saturated heterocycles. The summed E-state index contributed by atoms with van der Waals surface area (Å²) < 4.78 is 5.57. The van der Waals surface area contributed by atoms with Crippen LogP contribution in [0.3, 0.4) is 0 Å². The fraction of sp³-hybridized carbons (Fsp3) is 1.00. The summed E-state index contributed by atoms with van der Waals surface area (Å²) in [5.41, 5.74) is 0. The first kappa shape index (κ1) is 11.4. The largest absolute Gasteiger partial charge is 0.378 e. The first-order valence-electron chi connectivity index (χ1n) is 6.68. The van der Waals surface area contributed by atoms with Crippen molar-refractivity contribution in [2.24, 2.45) is 11.8 Å². The van der Waals surface area contributed by atoms with Crippen molar-refractivity contribution in [3.63, 3.8) is 0 Å². The molecule has 0 bridgehead atoms. The van der Waals surface area contributed by atoms with Gasteiger partial charge in [0, 0.05) is 13.2 Å². The number of hydrogen-bond acceptors (Lipinski definition) is 2. The maximum Gasteiger partial charge on any atom is 0.0588 e. The number of nitrogens with one attached hydrogen (secondary N) is 1. The van der Waals surface area contributed by atoms with E-state index < -0.39 is 0 Å². The van der Waals surface area contributed by atoms with Gasteiger partial charge in [-0.05, 0) is 44.6 Å². The summed E-state index contributed by atoms with van der Waals surface area (Å²) in [6.07, 6.45) is 8.99. The zero-order valence-corrected chi connectivity index (χ0v) is 10.0. The van der Waals surface area contributed by atoms with Crippen LogP contribution in [0.4, 0.5) is 0 Å². The van der Waals surface area contributed by atoms with Crippen LogP contribution in [0.5, 0.6) is 0 Å². The van der Waals surface area contributed by atoms with Crippen molar-refractivity contribution < 1.29 is 4.74 Å². The lowest BCUT2D eigenvalue weighted by molar-refractivity contribution is 0.105. The van der Waals surface area contributed by atoms with Crippen molar-refractivity contribution in [2.45, 2.75) is 51.6 Å². The van der Waals surface area contributed by atoms with E-state index in [-0.39, 0.29) is 0 Å². The van der Waals surface area contributed by atoms with Crippen LogP contribution in [0.15, 0.2) is 0 Å². The van der Waals surface area contributed by atoms with Crippen molar-refractivity contribution in [1.29, 1.82) is 0 Å². The molecule has 1 N–H and O–H groups in total. The number of hydrogen-bond donors (Lipinski definition) is 1. The highest BCUT2D eigenvalue weighted by Gasteiger charge is 2.23. The fourth-order valence-corrected chi connectivity index (χ4v) is 2.91. The van der Waals surface area contributed by atoms with Crippen LogP contribution >= 0.6 is 0 Å². The van der Waals surface area contributed by atoms with Crippen LogP contribution in [0, 0.1) is 11.8 Å². The van der Waals surface area contributed by atoms with Crippen molar-refractivity contribution in [1.82, 2.24) is 5.32 Å². The average molecular weight is 211 g/mol. The second-order valence-electron chi connectivity index (χ2n) is 5.29. The maximum atomic E-state index is 5.57. The highest BCUT2D eigenvalue weighted by Crippen LogP contribution is 2.23. The van der Waals surface area contributed by atoms with Gasteiger partial charge in [-0.15, -0.1) is 0 Å². The fourth-order valence-electron chi connectivity index (χ4n) is 2.91. The summed E-state index contributed by atoms with van der Waals surface area (Å²) >= 11 is 0. The van der Waals surface area contributed by atoms with E-state index in [4.69, 9.17) is 4.74 Å². The molecule has 1 saturated carbocycles. The lowest BCUT2D eigenvalue weighted by Crippen LogP contribution is -2.31. The highest BCUT2D eigenvalue weighted by molar-refractivity contribution is 4.76. The number of ether oxygens (including phenoxy) is 1. The Hall–Kier alpha value is -0.0800. The Bertz CT molecular complexity index is 177. The molecule has 2 aliphatic rings. The Kier molecular flexibility index (Phi) is 4.45. The third kappa shape index (κ3) is 3.46. The molecule has 2 nitrogen and oxygen atoms in total. The lowest BCUT2D eigenvalue weighted by Gasteiger charge is -2.23. The highest BCUT2D eigenvalue weighted by atomic mass is 16.5. The normalized spacial score (nSPS) is 33.4. The van der Waals surface area contributed by atoms with Gasteiger partial charge in [-0.1, -0.05) is 19.3 Å². The molecule has 1 aliphatic heterocycles. The molecule has 1 heterocycles. The quantitative estimate of drug-likeness (QED) is 0.771. The summed E-state index contributed by atoms with van der Waals surface area (Å²) in [5.74, 6) is 1.71. The van der Waals surface area contributed by atoms with Crippen LogP contribution in [0.25, 0.3) is 0 Å². The Balaban J connectivity index is 1.57. The molecule has 2 fully saturated rings. The van der Waals surface area contributed by atoms with Crippen LogP contribution < -0.4 is 5.32 Å². The third-order valence-corrected chi connectivity index (χ3v) is 4.10. The Labute approximate surface area is 93.8 Å². The SMILES string of the molecule is CC1OCCC1CNCC1CCCCC1. The second-order valence-corrected chi connectivity index (χ2v) is 5.29. The summed E-state index contributed by atoms with van der Waals surface area (Å²) in [6.45, 7) is 5.58. The van der Waals surface area contributed by atoms with Crippen LogP contribution in [0.2, 0.25) is 0 Å². The van der Waals surface area contributed by atoms with Gasteiger partial charge in [0.05, 0.1) is 6.10 Å². The third-order valence-electron chi connectivity index (χ3n) is 4.10. The Morgan fingerprint density at radius 1 is 1.07 bits per heavy atom. The second kappa shape index (κ2) is 5.86. The molecule has 0 aromatic rings. The minimum Gasteiger partial charge on any atom is -0.378 e. The molecule has 0 amide bonds. The molecule has 0 radical (unpaired) electrons. The monoisotopic (exact) mass is 211 g/mol. The summed E-state index contributed by atoms with van der Waals surface area (Å²) in [6, 6.07) is 0. The van der Waals surface area contributed by atoms with Gasteiger partial charge in [0.25, 0.3) is 0 Å². The number of rotatable bonds is 4. The molecule has 2 rings (SSSR count). The Morgan fingerprint density at radius 2 is 1.87 bits per heavy atom.